The van der Waals surface area contributed by atoms with Crippen molar-refractivity contribution in [1.29, 1.82) is 0 Å². The van der Waals surface area contributed by atoms with Gasteiger partial charge in [0.15, 0.2) is 11.3 Å². The molecule has 0 saturated heterocycles. The molecule has 3 aromatic heterocycles. The van der Waals surface area contributed by atoms with Gasteiger partial charge in [0.05, 0.1) is 17.8 Å². The summed E-state index contributed by atoms with van der Waals surface area (Å²) in [5.41, 5.74) is -0.351. The number of aromatic nitrogens is 4. The first-order valence-electron chi connectivity index (χ1n) is 8.03. The summed E-state index contributed by atoms with van der Waals surface area (Å²) in [5, 5.41) is 10.4. The Morgan fingerprint density at radius 2 is 2.00 bits per heavy atom. The Balaban J connectivity index is 1.88. The van der Waals surface area contributed by atoms with Crippen LogP contribution in [0.3, 0.4) is 0 Å². The summed E-state index contributed by atoms with van der Waals surface area (Å²) in [7, 11) is 0. The molecule has 0 bridgehead atoms. The van der Waals surface area contributed by atoms with Gasteiger partial charge < -0.3 is 14.1 Å². The van der Waals surface area contributed by atoms with Crippen LogP contribution < -0.4 is 11.0 Å². The lowest BCUT2D eigenvalue weighted by Crippen LogP contribution is -2.24. The molecule has 134 valence electrons. The summed E-state index contributed by atoms with van der Waals surface area (Å²) in [6.07, 6.45) is 7.25. The van der Waals surface area contributed by atoms with E-state index in [9.17, 15) is 19.1 Å². The van der Waals surface area contributed by atoms with Crippen LogP contribution in [0.25, 0.3) is 16.8 Å². The van der Waals surface area contributed by atoms with Crippen LogP contribution in [0.2, 0.25) is 0 Å². The highest BCUT2D eigenvalue weighted by Crippen LogP contribution is 2.18. The van der Waals surface area contributed by atoms with Gasteiger partial charge in [-0.3, -0.25) is 9.59 Å². The van der Waals surface area contributed by atoms with E-state index in [4.69, 9.17) is 0 Å². The van der Waals surface area contributed by atoms with E-state index in [1.165, 1.54) is 52.1 Å². The van der Waals surface area contributed by atoms with Crippen molar-refractivity contribution in [2.75, 3.05) is 0 Å². The molecular formula is C19H13FN4O3. The molecule has 0 aliphatic heterocycles. The van der Waals surface area contributed by atoms with Gasteiger partial charge in [-0.2, -0.15) is 0 Å². The molecule has 0 atom stereocenters. The lowest BCUT2D eigenvalue weighted by Gasteiger charge is -2.11. The lowest BCUT2D eigenvalue weighted by atomic mass is 10.1. The van der Waals surface area contributed by atoms with E-state index in [1.807, 2.05) is 0 Å². The van der Waals surface area contributed by atoms with Crippen LogP contribution in [0.4, 0.5) is 4.39 Å². The number of pyridine rings is 1. The zero-order valence-corrected chi connectivity index (χ0v) is 13.9. The van der Waals surface area contributed by atoms with E-state index in [-0.39, 0.29) is 17.6 Å². The maximum absolute atomic E-state index is 13.4. The second-order valence-corrected chi connectivity index (χ2v) is 5.93. The number of fused-ring (bicyclic) bond motifs is 1. The minimum absolute atomic E-state index is 0.106. The largest absolute Gasteiger partial charge is 0.503 e. The number of aromatic hydroxyl groups is 1. The van der Waals surface area contributed by atoms with Crippen LogP contribution in [0.15, 0.2) is 71.0 Å². The van der Waals surface area contributed by atoms with Gasteiger partial charge in [0.2, 0.25) is 5.43 Å². The SMILES string of the molecule is O=c1c(-c2ccncn2)cn2ccn(Cc3cccc(F)c3)c(=O)c2c1O. The van der Waals surface area contributed by atoms with E-state index >= 15 is 0 Å². The van der Waals surface area contributed by atoms with Crippen molar-refractivity contribution in [3.05, 3.63) is 93.4 Å². The first kappa shape index (κ1) is 16.6. The summed E-state index contributed by atoms with van der Waals surface area (Å²) in [5.74, 6) is -1.07. The molecule has 1 N–H and O–H groups in total. The summed E-state index contributed by atoms with van der Waals surface area (Å²) < 4.78 is 16.0. The fourth-order valence-electron chi connectivity index (χ4n) is 2.89. The molecule has 4 aromatic rings. The maximum atomic E-state index is 13.4. The Kier molecular flexibility index (Phi) is 4.00. The van der Waals surface area contributed by atoms with Gasteiger partial charge in [-0.25, -0.2) is 14.4 Å². The summed E-state index contributed by atoms with van der Waals surface area (Å²) in [6.45, 7) is 0.106. The highest BCUT2D eigenvalue weighted by Gasteiger charge is 2.16. The van der Waals surface area contributed by atoms with Crippen molar-refractivity contribution in [2.45, 2.75) is 6.54 Å². The molecule has 0 saturated carbocycles. The average molecular weight is 364 g/mol. The second kappa shape index (κ2) is 6.49. The van der Waals surface area contributed by atoms with Crippen LogP contribution in [0, 0.1) is 5.82 Å². The minimum Gasteiger partial charge on any atom is -0.503 e. The summed E-state index contributed by atoms with van der Waals surface area (Å²) in [4.78, 5) is 33.1. The number of hydrogen-bond donors (Lipinski definition) is 1. The Hall–Kier alpha value is -3.81. The number of halogens is 1. The lowest BCUT2D eigenvalue weighted by molar-refractivity contribution is 0.472. The number of rotatable bonds is 3. The van der Waals surface area contributed by atoms with Crippen LogP contribution >= 0.6 is 0 Å². The Bertz CT molecular complexity index is 1270. The van der Waals surface area contributed by atoms with Crippen molar-refractivity contribution >= 4 is 5.52 Å². The second-order valence-electron chi connectivity index (χ2n) is 5.93. The van der Waals surface area contributed by atoms with Crippen LogP contribution in [-0.4, -0.2) is 24.0 Å². The molecule has 0 amide bonds. The smallest absolute Gasteiger partial charge is 0.279 e. The molecule has 7 nitrogen and oxygen atoms in total. The third kappa shape index (κ3) is 2.97. The highest BCUT2D eigenvalue weighted by atomic mass is 19.1. The minimum atomic E-state index is -0.700. The molecule has 0 unspecified atom stereocenters. The molecule has 0 spiro atoms. The van der Waals surface area contributed by atoms with Gasteiger partial charge in [-0.1, -0.05) is 12.1 Å². The predicted molar refractivity (Wildman–Crippen MR) is 96.1 cm³/mol. The standard InChI is InChI=1S/C19H13FN4O3/c20-13-3-1-2-12(8-13)9-24-7-6-23-10-14(15-4-5-21-11-22-15)17(25)18(26)16(23)19(24)27/h1-8,10-11,26H,9H2. The first-order chi connectivity index (χ1) is 13.0. The quantitative estimate of drug-likeness (QED) is 0.599. The average Bonchev–Trinajstić information content (AvgIpc) is 2.67. The van der Waals surface area contributed by atoms with Crippen molar-refractivity contribution in [2.24, 2.45) is 0 Å². The normalized spacial score (nSPS) is 11.0. The fourth-order valence-corrected chi connectivity index (χ4v) is 2.89. The van der Waals surface area contributed by atoms with Crippen molar-refractivity contribution in [3.63, 3.8) is 0 Å². The molecule has 3 heterocycles. The fraction of sp³-hybridized carbons (Fsp3) is 0.0526. The Morgan fingerprint density at radius 1 is 1.15 bits per heavy atom. The Labute approximate surface area is 151 Å². The van der Waals surface area contributed by atoms with Crippen LogP contribution in [0.5, 0.6) is 5.75 Å². The van der Waals surface area contributed by atoms with E-state index in [2.05, 4.69) is 9.97 Å². The highest BCUT2D eigenvalue weighted by molar-refractivity contribution is 5.67. The topological polar surface area (TPSA) is 89.5 Å². The molecule has 0 fully saturated rings. The van der Waals surface area contributed by atoms with Crippen LogP contribution in [0.1, 0.15) is 5.56 Å². The zero-order chi connectivity index (χ0) is 19.0. The van der Waals surface area contributed by atoms with Crippen molar-refractivity contribution < 1.29 is 9.50 Å². The van der Waals surface area contributed by atoms with E-state index < -0.39 is 22.6 Å². The molecular weight excluding hydrogens is 351 g/mol. The number of benzene rings is 1. The summed E-state index contributed by atoms with van der Waals surface area (Å²) in [6, 6.07) is 7.40. The van der Waals surface area contributed by atoms with Crippen LogP contribution in [-0.2, 0) is 6.54 Å². The van der Waals surface area contributed by atoms with Gasteiger partial charge >= 0.3 is 0 Å². The zero-order valence-electron chi connectivity index (χ0n) is 13.9. The van der Waals surface area contributed by atoms with E-state index in [0.29, 0.717) is 11.3 Å². The third-order valence-electron chi connectivity index (χ3n) is 4.18. The first-order valence-corrected chi connectivity index (χ1v) is 8.03. The predicted octanol–water partition coefficient (Wildman–Crippen LogP) is 1.81. The van der Waals surface area contributed by atoms with E-state index in [0.717, 1.165) is 0 Å². The molecule has 1 aromatic carbocycles. The van der Waals surface area contributed by atoms with Gasteiger partial charge in [-0.05, 0) is 23.8 Å². The van der Waals surface area contributed by atoms with Crippen molar-refractivity contribution in [1.82, 2.24) is 18.9 Å². The molecule has 0 aliphatic carbocycles. The van der Waals surface area contributed by atoms with Crippen molar-refractivity contribution in [3.8, 4) is 17.0 Å². The molecule has 8 heteroatoms. The monoisotopic (exact) mass is 364 g/mol. The molecule has 0 aliphatic rings. The molecule has 27 heavy (non-hydrogen) atoms. The summed E-state index contributed by atoms with van der Waals surface area (Å²) >= 11 is 0. The van der Waals surface area contributed by atoms with Gasteiger partial charge in [-0.15, -0.1) is 0 Å². The Morgan fingerprint density at radius 3 is 2.74 bits per heavy atom. The molecule has 0 radical (unpaired) electrons. The van der Waals surface area contributed by atoms with E-state index in [1.54, 1.807) is 18.3 Å². The number of nitrogens with zero attached hydrogens (tertiary/aromatic N) is 4. The number of hydrogen-bond acceptors (Lipinski definition) is 5. The van der Waals surface area contributed by atoms with Gasteiger partial charge in [0.1, 0.15) is 12.1 Å². The third-order valence-corrected chi connectivity index (χ3v) is 4.18. The van der Waals surface area contributed by atoms with Gasteiger partial charge in [0, 0.05) is 24.8 Å². The maximum Gasteiger partial charge on any atom is 0.279 e. The molecule has 4 rings (SSSR count). The van der Waals surface area contributed by atoms with Gasteiger partial charge in [0.25, 0.3) is 5.56 Å².